The van der Waals surface area contributed by atoms with Crippen molar-refractivity contribution in [3.63, 3.8) is 0 Å². The molecule has 0 aliphatic carbocycles. The van der Waals surface area contributed by atoms with Crippen LogP contribution in [0.4, 0.5) is 0 Å². The standard InChI is InChI=1S/C17H21BrO3/c1-10-11(2)16-14(12(3)15(10)20-13(4)19)6-7-17(5,21-16)8-9-18/h6-7H,8-9H2,1-5H3. The van der Waals surface area contributed by atoms with Crippen LogP contribution in [-0.2, 0) is 4.79 Å². The lowest BCUT2D eigenvalue weighted by Crippen LogP contribution is -2.33. The molecule has 1 aromatic rings. The molecule has 1 heterocycles. The summed E-state index contributed by atoms with van der Waals surface area (Å²) >= 11 is 3.47. The zero-order chi connectivity index (χ0) is 15.8. The van der Waals surface area contributed by atoms with Gasteiger partial charge in [0, 0.05) is 29.8 Å². The van der Waals surface area contributed by atoms with Crippen LogP contribution in [0.1, 0.15) is 42.5 Å². The van der Waals surface area contributed by atoms with E-state index in [1.165, 1.54) is 6.92 Å². The molecular weight excluding hydrogens is 332 g/mol. The summed E-state index contributed by atoms with van der Waals surface area (Å²) in [7, 11) is 0. The maximum absolute atomic E-state index is 11.3. The Morgan fingerprint density at radius 2 is 1.95 bits per heavy atom. The predicted octanol–water partition coefficient (Wildman–Crippen LogP) is 4.49. The third-order valence-corrected chi connectivity index (χ3v) is 4.40. The van der Waals surface area contributed by atoms with Gasteiger partial charge in [0.2, 0.25) is 0 Å². The van der Waals surface area contributed by atoms with Gasteiger partial charge in [-0.25, -0.2) is 0 Å². The largest absolute Gasteiger partial charge is 0.483 e. The first-order valence-electron chi connectivity index (χ1n) is 7.05. The zero-order valence-electron chi connectivity index (χ0n) is 13.2. The molecule has 0 saturated heterocycles. The number of halogens is 1. The lowest BCUT2D eigenvalue weighted by molar-refractivity contribution is -0.131. The molecule has 1 aromatic carbocycles. The highest BCUT2D eigenvalue weighted by atomic mass is 79.9. The number of rotatable bonds is 3. The fourth-order valence-electron chi connectivity index (χ4n) is 2.59. The van der Waals surface area contributed by atoms with Gasteiger partial charge in [-0.05, 0) is 44.9 Å². The molecule has 3 nitrogen and oxygen atoms in total. The third kappa shape index (κ3) is 3.00. The maximum Gasteiger partial charge on any atom is 0.308 e. The van der Waals surface area contributed by atoms with E-state index in [2.05, 4.69) is 35.0 Å². The third-order valence-electron chi connectivity index (χ3n) is 4.01. The molecule has 0 spiro atoms. The minimum absolute atomic E-state index is 0.301. The van der Waals surface area contributed by atoms with Gasteiger partial charge in [-0.1, -0.05) is 22.0 Å². The quantitative estimate of drug-likeness (QED) is 0.456. The molecule has 0 saturated carbocycles. The van der Waals surface area contributed by atoms with Crippen LogP contribution < -0.4 is 9.47 Å². The number of carbonyl (C=O) groups excluding carboxylic acids is 1. The predicted molar refractivity (Wildman–Crippen MR) is 88.4 cm³/mol. The number of ether oxygens (including phenoxy) is 2. The Balaban J connectivity index is 2.57. The topological polar surface area (TPSA) is 35.5 Å². The molecule has 0 bridgehead atoms. The summed E-state index contributed by atoms with van der Waals surface area (Å²) in [5.74, 6) is 1.24. The summed E-state index contributed by atoms with van der Waals surface area (Å²) in [5, 5.41) is 0.881. The van der Waals surface area contributed by atoms with Crippen molar-refractivity contribution < 1.29 is 14.3 Å². The SMILES string of the molecule is CC(=O)Oc1c(C)c(C)c2c(c1C)C=CC(C)(CCBr)O2. The van der Waals surface area contributed by atoms with Crippen molar-refractivity contribution in [3.05, 3.63) is 28.3 Å². The molecule has 1 atom stereocenters. The maximum atomic E-state index is 11.3. The summed E-state index contributed by atoms with van der Waals surface area (Å²) in [5.41, 5.74) is 3.63. The lowest BCUT2D eigenvalue weighted by Gasteiger charge is -2.34. The summed E-state index contributed by atoms with van der Waals surface area (Å²) in [6, 6.07) is 0. The number of benzene rings is 1. The average molecular weight is 353 g/mol. The Labute approximate surface area is 134 Å². The van der Waals surface area contributed by atoms with Crippen LogP contribution in [0.2, 0.25) is 0 Å². The Bertz CT molecular complexity index is 619. The molecule has 0 aromatic heterocycles. The van der Waals surface area contributed by atoms with Gasteiger partial charge < -0.3 is 9.47 Å². The highest BCUT2D eigenvalue weighted by Gasteiger charge is 2.30. The van der Waals surface area contributed by atoms with E-state index >= 15 is 0 Å². The van der Waals surface area contributed by atoms with Gasteiger partial charge in [0.15, 0.2) is 0 Å². The highest BCUT2D eigenvalue weighted by Crippen LogP contribution is 2.43. The number of carbonyl (C=O) groups is 1. The number of hydrogen-bond donors (Lipinski definition) is 0. The smallest absolute Gasteiger partial charge is 0.308 e. The van der Waals surface area contributed by atoms with Crippen LogP contribution in [0.25, 0.3) is 6.08 Å². The summed E-state index contributed by atoms with van der Waals surface area (Å²) in [4.78, 5) is 11.3. The van der Waals surface area contributed by atoms with E-state index < -0.39 is 0 Å². The van der Waals surface area contributed by atoms with Gasteiger partial charge in [-0.2, -0.15) is 0 Å². The first-order valence-corrected chi connectivity index (χ1v) is 8.17. The molecule has 2 rings (SSSR count). The Morgan fingerprint density at radius 1 is 1.29 bits per heavy atom. The molecule has 0 radical (unpaired) electrons. The molecule has 0 fully saturated rings. The highest BCUT2D eigenvalue weighted by molar-refractivity contribution is 9.09. The number of fused-ring (bicyclic) bond motifs is 1. The van der Waals surface area contributed by atoms with Crippen LogP contribution in [0.5, 0.6) is 11.5 Å². The average Bonchev–Trinajstić information content (AvgIpc) is 2.41. The zero-order valence-corrected chi connectivity index (χ0v) is 14.8. The normalized spacial score (nSPS) is 19.9. The molecule has 4 heteroatoms. The molecule has 1 aliphatic heterocycles. The van der Waals surface area contributed by atoms with E-state index in [0.29, 0.717) is 5.75 Å². The van der Waals surface area contributed by atoms with Crippen molar-refractivity contribution in [3.8, 4) is 11.5 Å². The van der Waals surface area contributed by atoms with E-state index in [0.717, 1.165) is 39.8 Å². The fourth-order valence-corrected chi connectivity index (χ4v) is 3.38. The second kappa shape index (κ2) is 5.84. The number of esters is 1. The van der Waals surface area contributed by atoms with Crippen LogP contribution in [0.3, 0.4) is 0 Å². The van der Waals surface area contributed by atoms with E-state index in [1.54, 1.807) is 0 Å². The van der Waals surface area contributed by atoms with Crippen molar-refractivity contribution in [2.45, 2.75) is 46.6 Å². The van der Waals surface area contributed by atoms with Crippen LogP contribution >= 0.6 is 15.9 Å². The van der Waals surface area contributed by atoms with Crippen molar-refractivity contribution in [2.75, 3.05) is 5.33 Å². The van der Waals surface area contributed by atoms with E-state index in [4.69, 9.17) is 9.47 Å². The Kier molecular flexibility index (Phi) is 4.47. The van der Waals surface area contributed by atoms with Gasteiger partial charge >= 0.3 is 5.97 Å². The molecule has 0 amide bonds. The molecule has 0 N–H and O–H groups in total. The summed E-state index contributed by atoms with van der Waals surface area (Å²) in [6.07, 6.45) is 5.05. The molecule has 21 heavy (non-hydrogen) atoms. The van der Waals surface area contributed by atoms with Gasteiger partial charge in [-0.15, -0.1) is 0 Å². The molecule has 1 aliphatic rings. The Hall–Kier alpha value is -1.29. The number of alkyl halides is 1. The van der Waals surface area contributed by atoms with Crippen LogP contribution in [0.15, 0.2) is 6.08 Å². The van der Waals surface area contributed by atoms with Gasteiger partial charge in [0.05, 0.1) is 0 Å². The van der Waals surface area contributed by atoms with E-state index in [-0.39, 0.29) is 11.6 Å². The van der Waals surface area contributed by atoms with Gasteiger partial charge in [0.25, 0.3) is 0 Å². The summed E-state index contributed by atoms with van der Waals surface area (Å²) < 4.78 is 11.6. The molecule has 1 unspecified atom stereocenters. The fraction of sp³-hybridized carbons (Fsp3) is 0.471. The van der Waals surface area contributed by atoms with Crippen molar-refractivity contribution in [1.29, 1.82) is 0 Å². The van der Waals surface area contributed by atoms with Crippen LogP contribution in [-0.4, -0.2) is 16.9 Å². The lowest BCUT2D eigenvalue weighted by atomic mass is 9.91. The molecule has 114 valence electrons. The van der Waals surface area contributed by atoms with E-state index in [1.807, 2.05) is 20.8 Å². The first kappa shape index (κ1) is 16.1. The molecular formula is C17H21BrO3. The van der Waals surface area contributed by atoms with Crippen LogP contribution in [0, 0.1) is 20.8 Å². The monoisotopic (exact) mass is 352 g/mol. The minimum atomic E-state index is -0.302. The second-order valence-electron chi connectivity index (χ2n) is 5.73. The Morgan fingerprint density at radius 3 is 2.52 bits per heavy atom. The summed E-state index contributed by atoms with van der Waals surface area (Å²) in [6.45, 7) is 9.44. The minimum Gasteiger partial charge on any atom is -0.483 e. The van der Waals surface area contributed by atoms with Gasteiger partial charge in [-0.3, -0.25) is 4.79 Å². The van der Waals surface area contributed by atoms with Crippen molar-refractivity contribution in [1.82, 2.24) is 0 Å². The first-order chi connectivity index (χ1) is 9.79. The van der Waals surface area contributed by atoms with Crippen molar-refractivity contribution in [2.24, 2.45) is 0 Å². The number of hydrogen-bond acceptors (Lipinski definition) is 3. The second-order valence-corrected chi connectivity index (χ2v) is 6.52. The van der Waals surface area contributed by atoms with Gasteiger partial charge in [0.1, 0.15) is 17.1 Å². The van der Waals surface area contributed by atoms with E-state index in [9.17, 15) is 4.79 Å². The van der Waals surface area contributed by atoms with Crippen molar-refractivity contribution >= 4 is 28.0 Å².